The van der Waals surface area contributed by atoms with Crippen LogP contribution < -0.4 is 10.5 Å². The fourth-order valence-electron chi connectivity index (χ4n) is 0.992. The Morgan fingerprint density at radius 2 is 2.12 bits per heavy atom. The summed E-state index contributed by atoms with van der Waals surface area (Å²) in [6, 6.07) is 4.21. The lowest BCUT2D eigenvalue weighted by molar-refractivity contribution is 0.586. The second-order valence-corrected chi connectivity index (χ2v) is 5.73. The highest BCUT2D eigenvalue weighted by atomic mass is 35.5. The average molecular weight is 281 g/mol. The SMILES string of the molecule is C=C(Cl)CNS(=O)(=O)c1cc(Cl)ccc1N. The van der Waals surface area contributed by atoms with Crippen LogP contribution in [0.1, 0.15) is 0 Å². The third kappa shape index (κ3) is 3.38. The molecule has 0 unspecified atom stereocenters. The number of anilines is 1. The fraction of sp³-hybridized carbons (Fsp3) is 0.111. The van der Waals surface area contributed by atoms with Gasteiger partial charge in [0.2, 0.25) is 10.0 Å². The third-order valence-electron chi connectivity index (χ3n) is 1.72. The molecule has 0 spiro atoms. The van der Waals surface area contributed by atoms with Crippen LogP contribution in [0.2, 0.25) is 5.02 Å². The second-order valence-electron chi connectivity index (χ2n) is 3.02. The largest absolute Gasteiger partial charge is 0.398 e. The Hall–Kier alpha value is -0.750. The van der Waals surface area contributed by atoms with Gasteiger partial charge in [-0.1, -0.05) is 29.8 Å². The maximum Gasteiger partial charge on any atom is 0.242 e. The number of halogens is 2. The average Bonchev–Trinajstić information content (AvgIpc) is 2.19. The zero-order valence-corrected chi connectivity index (χ0v) is 10.5. The molecule has 0 aromatic heterocycles. The van der Waals surface area contributed by atoms with Crippen LogP contribution in [-0.4, -0.2) is 15.0 Å². The van der Waals surface area contributed by atoms with E-state index >= 15 is 0 Å². The Morgan fingerprint density at radius 1 is 1.50 bits per heavy atom. The van der Waals surface area contributed by atoms with Gasteiger partial charge in [-0.3, -0.25) is 0 Å². The molecule has 0 atom stereocenters. The smallest absolute Gasteiger partial charge is 0.242 e. The summed E-state index contributed by atoms with van der Waals surface area (Å²) >= 11 is 11.2. The van der Waals surface area contributed by atoms with Crippen molar-refractivity contribution in [3.63, 3.8) is 0 Å². The molecule has 0 aliphatic carbocycles. The molecule has 1 rings (SSSR count). The first-order valence-electron chi connectivity index (χ1n) is 4.21. The van der Waals surface area contributed by atoms with E-state index in [2.05, 4.69) is 11.3 Å². The first kappa shape index (κ1) is 13.3. The Labute approximate surface area is 104 Å². The van der Waals surface area contributed by atoms with E-state index in [0.717, 1.165) is 0 Å². The summed E-state index contributed by atoms with van der Waals surface area (Å²) < 4.78 is 25.8. The van der Waals surface area contributed by atoms with Gasteiger partial charge in [0.05, 0.1) is 5.69 Å². The van der Waals surface area contributed by atoms with E-state index in [9.17, 15) is 8.42 Å². The first-order chi connectivity index (χ1) is 7.33. The van der Waals surface area contributed by atoms with Crippen LogP contribution in [0.25, 0.3) is 0 Å². The quantitative estimate of drug-likeness (QED) is 0.828. The second kappa shape index (κ2) is 5.05. The zero-order chi connectivity index (χ0) is 12.3. The Morgan fingerprint density at radius 3 is 2.69 bits per heavy atom. The molecular formula is C9H10Cl2N2O2S. The van der Waals surface area contributed by atoms with Gasteiger partial charge in [-0.05, 0) is 18.2 Å². The number of hydrogen-bond donors (Lipinski definition) is 2. The number of benzene rings is 1. The minimum atomic E-state index is -3.71. The van der Waals surface area contributed by atoms with Gasteiger partial charge in [0.1, 0.15) is 4.90 Å². The Bertz CT molecular complexity index is 514. The minimum absolute atomic E-state index is 0.0597. The van der Waals surface area contributed by atoms with E-state index < -0.39 is 10.0 Å². The molecule has 0 heterocycles. The lowest BCUT2D eigenvalue weighted by Gasteiger charge is -2.08. The molecule has 0 radical (unpaired) electrons. The molecule has 1 aromatic carbocycles. The van der Waals surface area contributed by atoms with E-state index in [1.165, 1.54) is 18.2 Å². The van der Waals surface area contributed by atoms with E-state index in [4.69, 9.17) is 28.9 Å². The highest BCUT2D eigenvalue weighted by Gasteiger charge is 2.17. The third-order valence-corrected chi connectivity index (χ3v) is 3.54. The molecule has 0 saturated heterocycles. The van der Waals surface area contributed by atoms with Crippen LogP contribution >= 0.6 is 23.2 Å². The number of sulfonamides is 1. The van der Waals surface area contributed by atoms with E-state index in [-0.39, 0.29) is 22.2 Å². The molecule has 16 heavy (non-hydrogen) atoms. The Kier molecular flexibility index (Phi) is 4.21. The topological polar surface area (TPSA) is 72.2 Å². The van der Waals surface area contributed by atoms with Crippen molar-refractivity contribution in [2.75, 3.05) is 12.3 Å². The molecule has 0 amide bonds. The predicted octanol–water partition coefficient (Wildman–Crippen LogP) is 1.95. The Balaban J connectivity index is 3.07. The summed E-state index contributed by atoms with van der Waals surface area (Å²) in [7, 11) is -3.71. The number of nitrogen functional groups attached to an aromatic ring is 1. The molecule has 0 aliphatic rings. The van der Waals surface area contributed by atoms with Gasteiger partial charge in [0, 0.05) is 16.6 Å². The standard InChI is InChI=1S/C9H10Cl2N2O2S/c1-6(10)5-13-16(14,15)9-4-7(11)2-3-8(9)12/h2-4,13H,1,5,12H2. The van der Waals surface area contributed by atoms with Crippen LogP contribution in [0.15, 0.2) is 34.7 Å². The van der Waals surface area contributed by atoms with Crippen LogP contribution in [0, 0.1) is 0 Å². The normalized spacial score (nSPS) is 11.4. The lowest BCUT2D eigenvalue weighted by atomic mass is 10.3. The summed E-state index contributed by atoms with van der Waals surface area (Å²) in [4.78, 5) is -0.0714. The predicted molar refractivity (Wildman–Crippen MR) is 66.0 cm³/mol. The van der Waals surface area contributed by atoms with Crippen molar-refractivity contribution in [3.8, 4) is 0 Å². The van der Waals surface area contributed by atoms with Gasteiger partial charge in [-0.15, -0.1) is 0 Å². The van der Waals surface area contributed by atoms with E-state index in [1.807, 2.05) is 0 Å². The summed E-state index contributed by atoms with van der Waals surface area (Å²) in [5, 5.41) is 0.475. The number of rotatable bonds is 4. The number of nitrogens with two attached hydrogens (primary N) is 1. The zero-order valence-electron chi connectivity index (χ0n) is 8.20. The summed E-state index contributed by atoms with van der Waals surface area (Å²) in [6.45, 7) is 3.31. The highest BCUT2D eigenvalue weighted by molar-refractivity contribution is 7.89. The first-order valence-corrected chi connectivity index (χ1v) is 6.45. The van der Waals surface area contributed by atoms with Crippen LogP contribution in [0.4, 0.5) is 5.69 Å². The van der Waals surface area contributed by atoms with Crippen molar-refractivity contribution in [2.45, 2.75) is 4.90 Å². The number of nitrogens with one attached hydrogen (secondary N) is 1. The van der Waals surface area contributed by atoms with Crippen LogP contribution in [0.3, 0.4) is 0 Å². The lowest BCUT2D eigenvalue weighted by Crippen LogP contribution is -2.25. The molecule has 3 N–H and O–H groups in total. The van der Waals surface area contributed by atoms with Gasteiger partial charge in [0.15, 0.2) is 0 Å². The van der Waals surface area contributed by atoms with Crippen molar-refractivity contribution in [1.29, 1.82) is 0 Å². The van der Waals surface area contributed by atoms with Gasteiger partial charge in [0.25, 0.3) is 0 Å². The summed E-state index contributed by atoms with van der Waals surface area (Å²) in [6.07, 6.45) is 0. The fourth-order valence-corrected chi connectivity index (χ4v) is 2.56. The number of hydrogen-bond acceptors (Lipinski definition) is 3. The molecule has 0 aliphatic heterocycles. The molecule has 0 saturated carbocycles. The molecule has 7 heteroatoms. The van der Waals surface area contributed by atoms with E-state index in [0.29, 0.717) is 5.02 Å². The molecule has 1 aromatic rings. The molecule has 88 valence electrons. The van der Waals surface area contributed by atoms with Crippen molar-refractivity contribution >= 4 is 38.9 Å². The van der Waals surface area contributed by atoms with Crippen molar-refractivity contribution in [1.82, 2.24) is 4.72 Å². The van der Waals surface area contributed by atoms with Crippen molar-refractivity contribution in [2.24, 2.45) is 0 Å². The van der Waals surface area contributed by atoms with E-state index in [1.54, 1.807) is 0 Å². The monoisotopic (exact) mass is 280 g/mol. The molecule has 0 bridgehead atoms. The molecular weight excluding hydrogens is 271 g/mol. The maximum atomic E-state index is 11.8. The molecule has 4 nitrogen and oxygen atoms in total. The molecule has 0 fully saturated rings. The van der Waals surface area contributed by atoms with Gasteiger partial charge in [-0.2, -0.15) is 0 Å². The van der Waals surface area contributed by atoms with Gasteiger partial charge in [-0.25, -0.2) is 13.1 Å². The van der Waals surface area contributed by atoms with Crippen molar-refractivity contribution < 1.29 is 8.42 Å². The van der Waals surface area contributed by atoms with Gasteiger partial charge < -0.3 is 5.73 Å². The van der Waals surface area contributed by atoms with Gasteiger partial charge >= 0.3 is 0 Å². The summed E-state index contributed by atoms with van der Waals surface area (Å²) in [5.74, 6) is 0. The van der Waals surface area contributed by atoms with Crippen LogP contribution in [-0.2, 0) is 10.0 Å². The minimum Gasteiger partial charge on any atom is -0.398 e. The summed E-state index contributed by atoms with van der Waals surface area (Å²) in [5.41, 5.74) is 5.67. The maximum absolute atomic E-state index is 11.8. The van der Waals surface area contributed by atoms with Crippen molar-refractivity contribution in [3.05, 3.63) is 34.8 Å². The highest BCUT2D eigenvalue weighted by Crippen LogP contribution is 2.22. The van der Waals surface area contributed by atoms with Crippen LogP contribution in [0.5, 0.6) is 0 Å².